The summed E-state index contributed by atoms with van der Waals surface area (Å²) in [6, 6.07) is 16.7. The Bertz CT molecular complexity index is 1150. The first-order valence-corrected chi connectivity index (χ1v) is 10.1. The number of rotatable bonds is 7. The van der Waals surface area contributed by atoms with Gasteiger partial charge in [-0.05, 0) is 60.7 Å². The van der Waals surface area contributed by atoms with Crippen LogP contribution in [0.25, 0.3) is 17.1 Å². The van der Waals surface area contributed by atoms with E-state index in [2.05, 4.69) is 15.2 Å². The van der Waals surface area contributed by atoms with E-state index < -0.39 is 0 Å². The highest BCUT2D eigenvalue weighted by Crippen LogP contribution is 2.28. The summed E-state index contributed by atoms with van der Waals surface area (Å²) >= 11 is 1.27. The van der Waals surface area contributed by atoms with E-state index in [1.807, 2.05) is 12.1 Å². The maximum Gasteiger partial charge on any atom is 0.196 e. The number of carbonyl (C=O) groups is 1. The fourth-order valence-electron chi connectivity index (χ4n) is 2.86. The van der Waals surface area contributed by atoms with Gasteiger partial charge in [-0.3, -0.25) is 14.3 Å². The van der Waals surface area contributed by atoms with Crippen molar-refractivity contribution in [1.82, 2.24) is 19.7 Å². The number of Topliss-reactive ketones (excluding diaryl/α,β-unsaturated/α-hetero) is 1. The number of ketones is 1. The molecule has 0 radical (unpaired) electrons. The Morgan fingerprint density at radius 1 is 1.00 bits per heavy atom. The molecule has 0 saturated heterocycles. The topological polar surface area (TPSA) is 69.9 Å². The first-order chi connectivity index (χ1) is 14.7. The summed E-state index contributed by atoms with van der Waals surface area (Å²) in [5, 5.41) is 9.11. The van der Waals surface area contributed by atoms with Gasteiger partial charge in [0.1, 0.15) is 11.6 Å². The predicted molar refractivity (Wildman–Crippen MR) is 113 cm³/mol. The molecule has 0 spiro atoms. The molecule has 0 aliphatic heterocycles. The number of hydrogen-bond donors (Lipinski definition) is 0. The minimum atomic E-state index is -0.332. The van der Waals surface area contributed by atoms with Crippen LogP contribution in [0.2, 0.25) is 0 Å². The summed E-state index contributed by atoms with van der Waals surface area (Å²) in [4.78, 5) is 16.6. The van der Waals surface area contributed by atoms with Crippen LogP contribution < -0.4 is 4.74 Å². The lowest BCUT2D eigenvalue weighted by Gasteiger charge is -2.10. The second-order valence-electron chi connectivity index (χ2n) is 6.29. The van der Waals surface area contributed by atoms with Crippen LogP contribution in [0.3, 0.4) is 0 Å². The zero-order valence-corrected chi connectivity index (χ0v) is 16.8. The molecule has 4 aromatic rings. The van der Waals surface area contributed by atoms with E-state index in [1.54, 1.807) is 60.5 Å². The van der Waals surface area contributed by atoms with Crippen molar-refractivity contribution in [3.05, 3.63) is 84.4 Å². The molecule has 0 aliphatic carbocycles. The molecule has 6 nitrogen and oxygen atoms in total. The Kier molecular flexibility index (Phi) is 5.85. The molecule has 4 rings (SSSR count). The van der Waals surface area contributed by atoms with Crippen molar-refractivity contribution in [3.8, 4) is 22.8 Å². The van der Waals surface area contributed by atoms with Crippen molar-refractivity contribution in [1.29, 1.82) is 0 Å². The lowest BCUT2D eigenvalue weighted by Crippen LogP contribution is -2.05. The van der Waals surface area contributed by atoms with Gasteiger partial charge in [0.15, 0.2) is 16.8 Å². The lowest BCUT2D eigenvalue weighted by atomic mass is 10.1. The van der Waals surface area contributed by atoms with Gasteiger partial charge in [0.2, 0.25) is 0 Å². The first-order valence-electron chi connectivity index (χ1n) is 9.07. The van der Waals surface area contributed by atoms with Crippen LogP contribution in [0.4, 0.5) is 4.39 Å². The number of pyridine rings is 1. The highest BCUT2D eigenvalue weighted by Gasteiger charge is 2.18. The summed E-state index contributed by atoms with van der Waals surface area (Å²) in [7, 11) is 1.58. The fraction of sp³-hybridized carbons (Fsp3) is 0.0909. The molecule has 0 saturated carbocycles. The molecule has 30 heavy (non-hydrogen) atoms. The van der Waals surface area contributed by atoms with E-state index >= 15 is 0 Å². The highest BCUT2D eigenvalue weighted by molar-refractivity contribution is 7.99. The Hall–Kier alpha value is -3.52. The Labute approximate surface area is 176 Å². The predicted octanol–water partition coefficient (Wildman–Crippen LogP) is 4.45. The number of methoxy groups -OCH3 is 1. The van der Waals surface area contributed by atoms with Gasteiger partial charge < -0.3 is 4.74 Å². The number of halogens is 1. The van der Waals surface area contributed by atoms with E-state index in [-0.39, 0.29) is 17.4 Å². The average molecular weight is 420 g/mol. The number of nitrogens with zero attached hydrogens (tertiary/aromatic N) is 4. The van der Waals surface area contributed by atoms with Crippen LogP contribution in [-0.4, -0.2) is 38.4 Å². The van der Waals surface area contributed by atoms with Crippen molar-refractivity contribution >= 4 is 17.5 Å². The fourth-order valence-corrected chi connectivity index (χ4v) is 3.71. The smallest absolute Gasteiger partial charge is 0.196 e. The molecular formula is C22H17FN4O2S. The average Bonchev–Trinajstić information content (AvgIpc) is 3.22. The zero-order chi connectivity index (χ0) is 20.9. The number of aromatic nitrogens is 4. The SMILES string of the molecule is COc1ccc(C(=O)CSc2nnc(-c3ccncc3)n2-c2ccc(F)cc2)cc1. The van der Waals surface area contributed by atoms with Crippen molar-refractivity contribution in [2.75, 3.05) is 12.9 Å². The number of benzene rings is 2. The normalized spacial score (nSPS) is 10.7. The van der Waals surface area contributed by atoms with Gasteiger partial charge in [-0.1, -0.05) is 11.8 Å². The van der Waals surface area contributed by atoms with Gasteiger partial charge >= 0.3 is 0 Å². The van der Waals surface area contributed by atoms with E-state index in [1.165, 1.54) is 23.9 Å². The van der Waals surface area contributed by atoms with Crippen LogP contribution in [0.5, 0.6) is 5.75 Å². The molecule has 150 valence electrons. The molecule has 0 aliphatic rings. The minimum absolute atomic E-state index is 0.0400. The Morgan fingerprint density at radius 3 is 2.37 bits per heavy atom. The third kappa shape index (κ3) is 4.23. The Balaban J connectivity index is 1.63. The number of ether oxygens (including phenoxy) is 1. The number of carbonyl (C=O) groups excluding carboxylic acids is 1. The van der Waals surface area contributed by atoms with E-state index in [0.717, 1.165) is 5.56 Å². The van der Waals surface area contributed by atoms with Crippen LogP contribution >= 0.6 is 11.8 Å². The van der Waals surface area contributed by atoms with Gasteiger partial charge in [0.25, 0.3) is 0 Å². The standard InChI is InChI=1S/C22H17FN4O2S/c1-29-19-8-2-15(3-9-19)20(28)14-30-22-26-25-21(16-10-12-24-13-11-16)27(22)18-6-4-17(23)5-7-18/h2-13H,14H2,1H3. The highest BCUT2D eigenvalue weighted by atomic mass is 32.2. The summed E-state index contributed by atoms with van der Waals surface area (Å²) < 4.78 is 20.4. The van der Waals surface area contributed by atoms with Gasteiger partial charge in [-0.25, -0.2) is 4.39 Å². The Morgan fingerprint density at radius 2 is 1.70 bits per heavy atom. The molecule has 2 aromatic carbocycles. The van der Waals surface area contributed by atoms with Crippen molar-refractivity contribution in [2.24, 2.45) is 0 Å². The quantitative estimate of drug-likeness (QED) is 0.325. The van der Waals surface area contributed by atoms with Crippen LogP contribution in [0.1, 0.15) is 10.4 Å². The third-order valence-corrected chi connectivity index (χ3v) is 5.33. The van der Waals surface area contributed by atoms with Crippen LogP contribution in [0.15, 0.2) is 78.2 Å². The summed E-state index contributed by atoms with van der Waals surface area (Å²) in [5.74, 6) is 1.09. The lowest BCUT2D eigenvalue weighted by molar-refractivity contribution is 0.102. The number of thioether (sulfide) groups is 1. The maximum absolute atomic E-state index is 13.4. The summed E-state index contributed by atoms with van der Waals surface area (Å²) in [6.07, 6.45) is 3.33. The van der Waals surface area contributed by atoms with Crippen LogP contribution in [0, 0.1) is 5.82 Å². The molecular weight excluding hydrogens is 403 g/mol. The van der Waals surface area contributed by atoms with Crippen molar-refractivity contribution in [2.45, 2.75) is 5.16 Å². The summed E-state index contributed by atoms with van der Waals surface area (Å²) in [5.41, 5.74) is 2.10. The van der Waals surface area contributed by atoms with Gasteiger partial charge in [-0.15, -0.1) is 10.2 Å². The molecule has 0 N–H and O–H groups in total. The second kappa shape index (κ2) is 8.87. The molecule has 2 heterocycles. The van der Waals surface area contributed by atoms with Gasteiger partial charge in [0, 0.05) is 29.2 Å². The molecule has 0 bridgehead atoms. The van der Waals surface area contributed by atoms with Crippen LogP contribution in [-0.2, 0) is 0 Å². The van der Waals surface area contributed by atoms with E-state index in [4.69, 9.17) is 4.74 Å². The molecule has 0 unspecified atom stereocenters. The number of hydrogen-bond acceptors (Lipinski definition) is 6. The third-order valence-electron chi connectivity index (χ3n) is 4.40. The molecule has 8 heteroatoms. The van der Waals surface area contributed by atoms with E-state index in [0.29, 0.717) is 28.0 Å². The monoisotopic (exact) mass is 420 g/mol. The molecule has 2 aromatic heterocycles. The minimum Gasteiger partial charge on any atom is -0.497 e. The van der Waals surface area contributed by atoms with Crippen molar-refractivity contribution in [3.63, 3.8) is 0 Å². The van der Waals surface area contributed by atoms with Crippen molar-refractivity contribution < 1.29 is 13.9 Å². The molecule has 0 fully saturated rings. The van der Waals surface area contributed by atoms with E-state index in [9.17, 15) is 9.18 Å². The largest absolute Gasteiger partial charge is 0.497 e. The van der Waals surface area contributed by atoms with Gasteiger partial charge in [0.05, 0.1) is 12.9 Å². The second-order valence-corrected chi connectivity index (χ2v) is 7.24. The van der Waals surface area contributed by atoms with Gasteiger partial charge in [-0.2, -0.15) is 0 Å². The zero-order valence-electron chi connectivity index (χ0n) is 16.0. The first kappa shape index (κ1) is 19.8. The molecule has 0 atom stereocenters. The molecule has 0 amide bonds. The maximum atomic E-state index is 13.4. The summed E-state index contributed by atoms with van der Waals surface area (Å²) in [6.45, 7) is 0.